The molecule has 1 aliphatic rings. The lowest BCUT2D eigenvalue weighted by molar-refractivity contribution is 0.249. The van der Waals surface area contributed by atoms with E-state index in [1.54, 1.807) is 37.3 Å². The van der Waals surface area contributed by atoms with Gasteiger partial charge in [-0.05, 0) is 81.1 Å². The molecule has 1 saturated heterocycles. The van der Waals surface area contributed by atoms with Crippen LogP contribution >= 0.6 is 23.2 Å². The van der Waals surface area contributed by atoms with E-state index in [0.717, 1.165) is 32.4 Å². The van der Waals surface area contributed by atoms with Crippen LogP contribution in [-0.2, 0) is 10.0 Å². The average Bonchev–Trinajstić information content (AvgIpc) is 2.76. The summed E-state index contributed by atoms with van der Waals surface area (Å²) in [4.78, 5) is 12.5. The zero-order valence-electron chi connectivity index (χ0n) is 17.8. The number of hydrogen-bond acceptors (Lipinski definition) is 4. The van der Waals surface area contributed by atoms with E-state index in [4.69, 9.17) is 23.2 Å². The highest BCUT2D eigenvalue weighted by Crippen LogP contribution is 2.29. The van der Waals surface area contributed by atoms with Crippen LogP contribution in [0.15, 0.2) is 47.4 Å². The number of anilines is 1. The first kappa shape index (κ1) is 24.8. The van der Waals surface area contributed by atoms with Gasteiger partial charge in [-0.3, -0.25) is 0 Å². The average molecular weight is 499 g/mol. The van der Waals surface area contributed by atoms with Gasteiger partial charge in [0.15, 0.2) is 0 Å². The van der Waals surface area contributed by atoms with Gasteiger partial charge in [-0.25, -0.2) is 17.9 Å². The minimum Gasteiger partial charge on any atom is -0.331 e. The van der Waals surface area contributed by atoms with E-state index in [2.05, 4.69) is 20.7 Å². The molecular weight excluding hydrogens is 471 g/mol. The summed E-state index contributed by atoms with van der Waals surface area (Å²) < 4.78 is 27.7. The van der Waals surface area contributed by atoms with Crippen LogP contribution in [-0.4, -0.2) is 34.1 Å². The number of carbonyl (C=O) groups is 1. The molecule has 1 heterocycles. The van der Waals surface area contributed by atoms with Crippen LogP contribution in [0.5, 0.6) is 0 Å². The number of nitrogens with one attached hydrogen (secondary N) is 4. The van der Waals surface area contributed by atoms with Gasteiger partial charge in [0.25, 0.3) is 0 Å². The molecule has 1 aliphatic heterocycles. The fourth-order valence-electron chi connectivity index (χ4n) is 3.67. The molecule has 1 atom stereocenters. The molecule has 7 nitrogen and oxygen atoms in total. The molecule has 32 heavy (non-hydrogen) atoms. The van der Waals surface area contributed by atoms with E-state index in [-0.39, 0.29) is 10.9 Å². The minimum absolute atomic E-state index is 0.160. The number of sulfonamides is 1. The van der Waals surface area contributed by atoms with Gasteiger partial charge in [-0.1, -0.05) is 35.3 Å². The Morgan fingerprint density at radius 2 is 1.81 bits per heavy atom. The van der Waals surface area contributed by atoms with Crippen molar-refractivity contribution >= 4 is 44.9 Å². The van der Waals surface area contributed by atoms with Crippen LogP contribution in [0, 0.1) is 5.92 Å². The summed E-state index contributed by atoms with van der Waals surface area (Å²) in [6.45, 7) is 4.19. The zero-order chi connectivity index (χ0) is 23.1. The smallest absolute Gasteiger partial charge is 0.319 e. The lowest BCUT2D eigenvalue weighted by atomic mass is 9.95. The van der Waals surface area contributed by atoms with E-state index in [1.807, 2.05) is 0 Å². The van der Waals surface area contributed by atoms with Crippen molar-refractivity contribution < 1.29 is 13.2 Å². The third-order valence-electron chi connectivity index (χ3n) is 5.52. The Morgan fingerprint density at radius 3 is 2.50 bits per heavy atom. The number of urea groups is 1. The first-order valence-corrected chi connectivity index (χ1v) is 12.8. The van der Waals surface area contributed by atoms with Crippen LogP contribution in [0.4, 0.5) is 10.5 Å². The number of amides is 2. The van der Waals surface area contributed by atoms with Crippen molar-refractivity contribution in [1.29, 1.82) is 0 Å². The summed E-state index contributed by atoms with van der Waals surface area (Å²) in [5.41, 5.74) is 1.17. The Kier molecular flexibility index (Phi) is 8.79. The Balaban J connectivity index is 1.51. The quantitative estimate of drug-likeness (QED) is 0.429. The van der Waals surface area contributed by atoms with Gasteiger partial charge in [-0.2, -0.15) is 0 Å². The molecule has 0 bridgehead atoms. The number of rotatable bonds is 8. The maximum absolute atomic E-state index is 12.5. The molecule has 10 heteroatoms. The Hall–Kier alpha value is -1.84. The van der Waals surface area contributed by atoms with E-state index in [9.17, 15) is 13.2 Å². The lowest BCUT2D eigenvalue weighted by Gasteiger charge is -2.22. The predicted molar refractivity (Wildman–Crippen MR) is 129 cm³/mol. The van der Waals surface area contributed by atoms with E-state index in [0.29, 0.717) is 33.8 Å². The van der Waals surface area contributed by atoms with Crippen molar-refractivity contribution in [3.63, 3.8) is 0 Å². The van der Waals surface area contributed by atoms with Crippen molar-refractivity contribution in [3.8, 4) is 0 Å². The van der Waals surface area contributed by atoms with Gasteiger partial charge in [0.2, 0.25) is 10.0 Å². The molecule has 3 rings (SSSR count). The summed E-state index contributed by atoms with van der Waals surface area (Å²) in [5, 5.41) is 9.60. The topological polar surface area (TPSA) is 99.3 Å². The number of piperidine rings is 1. The summed E-state index contributed by atoms with van der Waals surface area (Å²) in [5.74, 6) is 0.549. The maximum Gasteiger partial charge on any atom is 0.319 e. The highest BCUT2D eigenvalue weighted by Gasteiger charge is 2.18. The number of benzene rings is 2. The predicted octanol–water partition coefficient (Wildman–Crippen LogP) is 4.54. The maximum atomic E-state index is 12.5. The Labute approximate surface area is 199 Å². The van der Waals surface area contributed by atoms with E-state index >= 15 is 0 Å². The second kappa shape index (κ2) is 11.3. The highest BCUT2D eigenvalue weighted by atomic mass is 35.5. The second-order valence-electron chi connectivity index (χ2n) is 7.87. The summed E-state index contributed by atoms with van der Waals surface area (Å²) in [7, 11) is -3.59. The molecular formula is C22H28Cl2N4O3S. The molecule has 2 aromatic rings. The van der Waals surface area contributed by atoms with Crippen molar-refractivity contribution in [1.82, 2.24) is 15.4 Å². The van der Waals surface area contributed by atoms with Crippen molar-refractivity contribution in [2.24, 2.45) is 5.92 Å². The largest absolute Gasteiger partial charge is 0.331 e. The summed E-state index contributed by atoms with van der Waals surface area (Å²) in [6.07, 6.45) is 2.98. The van der Waals surface area contributed by atoms with Gasteiger partial charge < -0.3 is 16.0 Å². The normalized spacial score (nSPS) is 15.8. The first-order chi connectivity index (χ1) is 15.3. The molecule has 4 N–H and O–H groups in total. The Bertz CT molecular complexity index is 1030. The van der Waals surface area contributed by atoms with Crippen LogP contribution in [0.1, 0.15) is 37.8 Å². The molecule has 2 amide bonds. The molecule has 0 spiro atoms. The standard InChI is InChI=1S/C22H28Cl2N4O3S/c1-15(19-3-2-4-20(23)21(19)24)27-22(29)28-17-5-7-18(8-6-17)32(30,31)26-14-11-16-9-12-25-13-10-16/h2-8,15-16,25-26H,9-14H2,1H3,(H2,27,28,29). The fraction of sp³-hybridized carbons (Fsp3) is 0.409. The van der Waals surface area contributed by atoms with Crippen LogP contribution in [0.2, 0.25) is 10.0 Å². The monoisotopic (exact) mass is 498 g/mol. The summed E-state index contributed by atoms with van der Waals surface area (Å²) in [6, 6.07) is 10.5. The van der Waals surface area contributed by atoms with Crippen molar-refractivity contribution in [2.45, 2.75) is 37.1 Å². The van der Waals surface area contributed by atoms with Gasteiger partial charge in [0.05, 0.1) is 21.0 Å². The van der Waals surface area contributed by atoms with Crippen molar-refractivity contribution in [2.75, 3.05) is 25.0 Å². The van der Waals surface area contributed by atoms with Crippen LogP contribution < -0.4 is 20.7 Å². The van der Waals surface area contributed by atoms with Gasteiger partial charge in [0.1, 0.15) is 0 Å². The highest BCUT2D eigenvalue weighted by molar-refractivity contribution is 7.89. The molecule has 2 aromatic carbocycles. The Morgan fingerprint density at radius 1 is 1.12 bits per heavy atom. The molecule has 0 aliphatic carbocycles. The lowest BCUT2D eigenvalue weighted by Crippen LogP contribution is -2.31. The van der Waals surface area contributed by atoms with Gasteiger partial charge >= 0.3 is 6.03 Å². The van der Waals surface area contributed by atoms with Crippen LogP contribution in [0.3, 0.4) is 0 Å². The molecule has 0 saturated carbocycles. The number of halogens is 2. The van der Waals surface area contributed by atoms with Gasteiger partial charge in [0, 0.05) is 12.2 Å². The molecule has 0 aromatic heterocycles. The zero-order valence-corrected chi connectivity index (χ0v) is 20.2. The molecule has 0 radical (unpaired) electrons. The third-order valence-corrected chi connectivity index (χ3v) is 7.83. The first-order valence-electron chi connectivity index (χ1n) is 10.6. The molecule has 1 unspecified atom stereocenters. The van der Waals surface area contributed by atoms with Crippen molar-refractivity contribution in [3.05, 3.63) is 58.1 Å². The molecule has 174 valence electrons. The van der Waals surface area contributed by atoms with Crippen LogP contribution in [0.25, 0.3) is 0 Å². The van der Waals surface area contributed by atoms with E-state index < -0.39 is 16.1 Å². The number of hydrogen-bond donors (Lipinski definition) is 4. The fourth-order valence-corrected chi connectivity index (χ4v) is 5.18. The minimum atomic E-state index is -3.59. The second-order valence-corrected chi connectivity index (χ2v) is 10.4. The van der Waals surface area contributed by atoms with Gasteiger partial charge in [-0.15, -0.1) is 0 Å². The third kappa shape index (κ3) is 6.83. The van der Waals surface area contributed by atoms with E-state index in [1.165, 1.54) is 12.1 Å². The SMILES string of the molecule is CC(NC(=O)Nc1ccc(S(=O)(=O)NCCC2CCNCC2)cc1)c1cccc(Cl)c1Cl. The number of carbonyl (C=O) groups excluding carboxylic acids is 1. The molecule has 1 fully saturated rings. The summed E-state index contributed by atoms with van der Waals surface area (Å²) >= 11 is 12.2.